The lowest BCUT2D eigenvalue weighted by Gasteiger charge is -2.10. The number of aliphatic carboxylic acids is 1. The van der Waals surface area contributed by atoms with Crippen molar-refractivity contribution in [3.63, 3.8) is 0 Å². The van der Waals surface area contributed by atoms with E-state index in [1.165, 1.54) is 0 Å². The van der Waals surface area contributed by atoms with E-state index in [9.17, 15) is 9.59 Å². The van der Waals surface area contributed by atoms with Crippen LogP contribution in [0.2, 0.25) is 5.02 Å². The molecule has 2 amide bonds. The molecule has 1 unspecified atom stereocenters. The van der Waals surface area contributed by atoms with Crippen molar-refractivity contribution < 1.29 is 19.8 Å². The summed E-state index contributed by atoms with van der Waals surface area (Å²) in [6, 6.07) is 2.53. The molecule has 0 saturated carbocycles. The van der Waals surface area contributed by atoms with E-state index >= 15 is 0 Å². The number of carboxylic acids is 1. The van der Waals surface area contributed by atoms with Crippen LogP contribution in [0.25, 0.3) is 11.0 Å². The Morgan fingerprint density at radius 2 is 2.15 bits per heavy atom. The number of aromatic nitrogens is 2. The summed E-state index contributed by atoms with van der Waals surface area (Å²) in [5.74, 6) is -1.42. The maximum atomic E-state index is 11.6. The van der Waals surface area contributed by atoms with E-state index in [0.29, 0.717) is 11.0 Å². The number of amides is 2. The zero-order chi connectivity index (χ0) is 14.7. The minimum atomic E-state index is -1.67. The van der Waals surface area contributed by atoms with Gasteiger partial charge in [-0.2, -0.15) is 8.75 Å². The zero-order valence-corrected chi connectivity index (χ0v) is 11.4. The standard InChI is InChI=1S/C10H9ClN4O4S/c11-4-1-2-5-8(15-20-14-5)7(4)13-10(19)12-3-6(16)9(17)18/h1-2,6,16H,3H2,(H,17,18)(H2,12,13,19). The van der Waals surface area contributed by atoms with Crippen molar-refractivity contribution in [2.45, 2.75) is 6.10 Å². The Balaban J connectivity index is 2.08. The maximum absolute atomic E-state index is 11.6. The first-order chi connectivity index (χ1) is 9.49. The summed E-state index contributed by atoms with van der Waals surface area (Å²) >= 11 is 6.95. The summed E-state index contributed by atoms with van der Waals surface area (Å²) in [7, 11) is 0. The van der Waals surface area contributed by atoms with Crippen LogP contribution in [0.15, 0.2) is 12.1 Å². The maximum Gasteiger partial charge on any atom is 0.334 e. The number of urea groups is 1. The van der Waals surface area contributed by atoms with E-state index in [0.717, 1.165) is 11.7 Å². The van der Waals surface area contributed by atoms with Gasteiger partial charge in [0, 0.05) is 0 Å². The second-order valence-corrected chi connectivity index (χ2v) is 4.68. The molecule has 0 aliphatic heterocycles. The Morgan fingerprint density at radius 3 is 2.85 bits per heavy atom. The van der Waals surface area contributed by atoms with Crippen LogP contribution in [0.4, 0.5) is 10.5 Å². The third-order valence-corrected chi connectivity index (χ3v) is 3.21. The number of carbonyl (C=O) groups excluding carboxylic acids is 1. The third kappa shape index (κ3) is 3.13. The predicted octanol–water partition coefficient (Wildman–Crippen LogP) is 0.912. The highest BCUT2D eigenvalue weighted by Gasteiger charge is 2.16. The number of carbonyl (C=O) groups is 2. The minimum Gasteiger partial charge on any atom is -0.479 e. The second kappa shape index (κ2) is 5.99. The number of hydrogen-bond acceptors (Lipinski definition) is 6. The number of rotatable bonds is 4. The van der Waals surface area contributed by atoms with Gasteiger partial charge in [-0.25, -0.2) is 9.59 Å². The minimum absolute atomic E-state index is 0.277. The lowest BCUT2D eigenvalue weighted by atomic mass is 10.2. The average Bonchev–Trinajstić information content (AvgIpc) is 2.87. The molecule has 106 valence electrons. The summed E-state index contributed by atoms with van der Waals surface area (Å²) in [4.78, 5) is 22.0. The highest BCUT2D eigenvalue weighted by atomic mass is 35.5. The van der Waals surface area contributed by atoms with Gasteiger partial charge < -0.3 is 20.8 Å². The Morgan fingerprint density at radius 1 is 1.40 bits per heavy atom. The monoisotopic (exact) mass is 316 g/mol. The number of aliphatic hydroxyl groups excluding tert-OH is 1. The summed E-state index contributed by atoms with van der Waals surface area (Å²) < 4.78 is 8.02. The second-order valence-electron chi connectivity index (χ2n) is 3.74. The highest BCUT2D eigenvalue weighted by molar-refractivity contribution is 7.00. The Bertz CT molecular complexity index is 662. The summed E-state index contributed by atoms with van der Waals surface area (Å²) in [6.07, 6.45) is -1.67. The van der Waals surface area contributed by atoms with E-state index in [1.54, 1.807) is 12.1 Å². The smallest absolute Gasteiger partial charge is 0.334 e. The number of nitrogens with zero attached hydrogens (tertiary/aromatic N) is 2. The molecule has 2 aromatic rings. The molecule has 0 bridgehead atoms. The van der Waals surface area contributed by atoms with Gasteiger partial charge in [-0.05, 0) is 12.1 Å². The van der Waals surface area contributed by atoms with E-state index < -0.39 is 24.6 Å². The van der Waals surface area contributed by atoms with Crippen LogP contribution in [0, 0.1) is 0 Å². The molecule has 1 aromatic carbocycles. The number of halogens is 1. The number of fused-ring (bicyclic) bond motifs is 1. The van der Waals surface area contributed by atoms with Crippen LogP contribution >= 0.6 is 23.3 Å². The molecular formula is C10H9ClN4O4S. The molecule has 0 aliphatic rings. The lowest BCUT2D eigenvalue weighted by Crippen LogP contribution is -2.38. The van der Waals surface area contributed by atoms with E-state index in [2.05, 4.69) is 19.4 Å². The summed E-state index contributed by atoms with van der Waals surface area (Å²) in [5, 5.41) is 22.5. The molecule has 1 heterocycles. The molecule has 0 radical (unpaired) electrons. The quantitative estimate of drug-likeness (QED) is 0.664. The topological polar surface area (TPSA) is 124 Å². The molecule has 1 atom stereocenters. The van der Waals surface area contributed by atoms with Gasteiger partial charge in [0.1, 0.15) is 11.0 Å². The van der Waals surface area contributed by atoms with Gasteiger partial charge in [0.25, 0.3) is 0 Å². The van der Waals surface area contributed by atoms with Crippen LogP contribution in [-0.4, -0.2) is 43.6 Å². The van der Waals surface area contributed by atoms with Gasteiger partial charge in [-0.15, -0.1) is 0 Å². The number of anilines is 1. The molecule has 4 N–H and O–H groups in total. The molecule has 1 aromatic heterocycles. The van der Waals surface area contributed by atoms with Crippen molar-refractivity contribution in [2.75, 3.05) is 11.9 Å². The Hall–Kier alpha value is -1.97. The SMILES string of the molecule is O=C(NCC(O)C(=O)O)Nc1c(Cl)ccc2nsnc12. The number of carboxylic acid groups (broad SMARTS) is 1. The largest absolute Gasteiger partial charge is 0.479 e. The van der Waals surface area contributed by atoms with Crippen LogP contribution in [0.1, 0.15) is 0 Å². The summed E-state index contributed by atoms with van der Waals surface area (Å²) in [6.45, 7) is -0.427. The van der Waals surface area contributed by atoms with E-state index in [-0.39, 0.29) is 10.7 Å². The van der Waals surface area contributed by atoms with Crippen molar-refractivity contribution in [3.05, 3.63) is 17.2 Å². The first-order valence-electron chi connectivity index (χ1n) is 5.35. The van der Waals surface area contributed by atoms with Crippen LogP contribution < -0.4 is 10.6 Å². The average molecular weight is 317 g/mol. The Kier molecular flexibility index (Phi) is 4.32. The van der Waals surface area contributed by atoms with Crippen molar-refractivity contribution in [1.82, 2.24) is 14.1 Å². The number of aliphatic hydroxyl groups is 1. The van der Waals surface area contributed by atoms with Gasteiger partial charge in [0.2, 0.25) is 0 Å². The Labute approximate surface area is 121 Å². The van der Waals surface area contributed by atoms with Crippen molar-refractivity contribution in [3.8, 4) is 0 Å². The number of benzene rings is 1. The molecule has 2 rings (SSSR count). The van der Waals surface area contributed by atoms with Crippen molar-refractivity contribution in [1.29, 1.82) is 0 Å². The zero-order valence-electron chi connectivity index (χ0n) is 9.83. The van der Waals surface area contributed by atoms with Gasteiger partial charge in [0.15, 0.2) is 6.10 Å². The molecule has 0 saturated heterocycles. The fourth-order valence-corrected chi connectivity index (χ4v) is 2.12. The van der Waals surface area contributed by atoms with Crippen LogP contribution in [-0.2, 0) is 4.79 Å². The molecule has 0 aliphatic carbocycles. The molecular weight excluding hydrogens is 308 g/mol. The molecule has 0 spiro atoms. The predicted molar refractivity (Wildman–Crippen MR) is 73.1 cm³/mol. The van der Waals surface area contributed by atoms with Gasteiger partial charge >= 0.3 is 12.0 Å². The van der Waals surface area contributed by atoms with Gasteiger partial charge in [-0.1, -0.05) is 11.6 Å². The lowest BCUT2D eigenvalue weighted by molar-refractivity contribution is -0.146. The fourth-order valence-electron chi connectivity index (χ4n) is 1.38. The van der Waals surface area contributed by atoms with Crippen LogP contribution in [0.5, 0.6) is 0 Å². The first kappa shape index (κ1) is 14.4. The number of hydrogen-bond donors (Lipinski definition) is 4. The summed E-state index contributed by atoms with van der Waals surface area (Å²) in [5.41, 5.74) is 1.30. The van der Waals surface area contributed by atoms with E-state index in [4.69, 9.17) is 21.8 Å². The molecule has 0 fully saturated rings. The van der Waals surface area contributed by atoms with Crippen molar-refractivity contribution >= 4 is 52.1 Å². The molecule has 10 heteroatoms. The highest BCUT2D eigenvalue weighted by Crippen LogP contribution is 2.29. The fraction of sp³-hybridized carbons (Fsp3) is 0.200. The first-order valence-corrected chi connectivity index (χ1v) is 6.46. The number of nitrogens with one attached hydrogen (secondary N) is 2. The van der Waals surface area contributed by atoms with Crippen molar-refractivity contribution in [2.24, 2.45) is 0 Å². The van der Waals surface area contributed by atoms with E-state index in [1.807, 2.05) is 0 Å². The molecule has 20 heavy (non-hydrogen) atoms. The molecule has 8 nitrogen and oxygen atoms in total. The third-order valence-electron chi connectivity index (χ3n) is 2.36. The normalized spacial score (nSPS) is 12.1. The van der Waals surface area contributed by atoms with Gasteiger partial charge in [0.05, 0.1) is 29.0 Å². The van der Waals surface area contributed by atoms with Crippen LogP contribution in [0.3, 0.4) is 0 Å². The van der Waals surface area contributed by atoms with Gasteiger partial charge in [-0.3, -0.25) is 0 Å².